The number of aliphatic hydroxyl groups is 1. The van der Waals surface area contributed by atoms with Gasteiger partial charge in [0.15, 0.2) is 0 Å². The summed E-state index contributed by atoms with van der Waals surface area (Å²) in [5.41, 5.74) is 1.95. The highest BCUT2D eigenvalue weighted by Gasteiger charge is 2.25. The summed E-state index contributed by atoms with van der Waals surface area (Å²) < 4.78 is 1.03. The monoisotopic (exact) mass is 283 g/mol. The summed E-state index contributed by atoms with van der Waals surface area (Å²) in [6.07, 6.45) is 0.600. The van der Waals surface area contributed by atoms with Gasteiger partial charge in [-0.2, -0.15) is 0 Å². The first-order chi connectivity index (χ1) is 7.58. The van der Waals surface area contributed by atoms with E-state index >= 15 is 0 Å². The molecule has 1 aliphatic rings. The van der Waals surface area contributed by atoms with Gasteiger partial charge in [-0.1, -0.05) is 15.9 Å². The normalized spacial score (nSPS) is 21.3. The van der Waals surface area contributed by atoms with Gasteiger partial charge in [0.25, 0.3) is 0 Å². The minimum absolute atomic E-state index is 0.0898. The van der Waals surface area contributed by atoms with E-state index in [0.29, 0.717) is 19.4 Å². The standard InChI is InChI=1S/C12H14BrNO2/c1-8-6-9(2-4-11(8)13)14-7-10(15)3-5-12(14)16/h2,4,6,10,15H,3,5,7H2,1H3. The lowest BCUT2D eigenvalue weighted by atomic mass is 10.1. The van der Waals surface area contributed by atoms with Crippen molar-refractivity contribution in [2.24, 2.45) is 0 Å². The number of nitrogens with zero attached hydrogens (tertiary/aromatic N) is 1. The molecule has 1 aromatic rings. The summed E-state index contributed by atoms with van der Waals surface area (Å²) in [5.74, 6) is 0.0898. The zero-order chi connectivity index (χ0) is 11.7. The van der Waals surface area contributed by atoms with Crippen LogP contribution < -0.4 is 4.90 Å². The molecule has 1 atom stereocenters. The van der Waals surface area contributed by atoms with Gasteiger partial charge in [0.05, 0.1) is 12.6 Å². The average molecular weight is 284 g/mol. The maximum atomic E-state index is 11.7. The van der Waals surface area contributed by atoms with Crippen LogP contribution in [0.25, 0.3) is 0 Å². The number of aryl methyl sites for hydroxylation is 1. The third-order valence-electron chi connectivity index (χ3n) is 2.84. The van der Waals surface area contributed by atoms with Crippen molar-refractivity contribution in [1.82, 2.24) is 0 Å². The lowest BCUT2D eigenvalue weighted by molar-refractivity contribution is -0.121. The smallest absolute Gasteiger partial charge is 0.227 e. The predicted octanol–water partition coefficient (Wildman–Crippen LogP) is 2.25. The van der Waals surface area contributed by atoms with Crippen LogP contribution in [0, 0.1) is 6.92 Å². The molecule has 0 aliphatic carbocycles. The van der Waals surface area contributed by atoms with Gasteiger partial charge < -0.3 is 10.0 Å². The van der Waals surface area contributed by atoms with Gasteiger partial charge in [-0.15, -0.1) is 0 Å². The van der Waals surface area contributed by atoms with Gasteiger partial charge >= 0.3 is 0 Å². The number of amides is 1. The SMILES string of the molecule is Cc1cc(N2CC(O)CCC2=O)ccc1Br. The third kappa shape index (κ3) is 2.28. The molecule has 1 amide bonds. The van der Waals surface area contributed by atoms with E-state index < -0.39 is 6.10 Å². The zero-order valence-electron chi connectivity index (χ0n) is 9.11. The van der Waals surface area contributed by atoms with Crippen molar-refractivity contribution < 1.29 is 9.90 Å². The molecule has 1 fully saturated rings. The van der Waals surface area contributed by atoms with Crippen molar-refractivity contribution >= 4 is 27.5 Å². The Bertz CT molecular complexity index is 419. The number of hydrogen-bond acceptors (Lipinski definition) is 2. The van der Waals surface area contributed by atoms with Crippen LogP contribution >= 0.6 is 15.9 Å². The summed E-state index contributed by atoms with van der Waals surface area (Å²) in [4.78, 5) is 13.4. The van der Waals surface area contributed by atoms with Crippen LogP contribution in [0.3, 0.4) is 0 Å². The topological polar surface area (TPSA) is 40.5 Å². The van der Waals surface area contributed by atoms with Gasteiger partial charge in [0, 0.05) is 16.6 Å². The van der Waals surface area contributed by atoms with Crippen LogP contribution in [0.5, 0.6) is 0 Å². The molecule has 0 radical (unpaired) electrons. The summed E-state index contributed by atoms with van der Waals surface area (Å²) >= 11 is 3.43. The molecular weight excluding hydrogens is 270 g/mol. The molecule has 3 nitrogen and oxygen atoms in total. The van der Waals surface area contributed by atoms with Crippen LogP contribution in [0.4, 0.5) is 5.69 Å². The fraction of sp³-hybridized carbons (Fsp3) is 0.417. The Kier molecular flexibility index (Phi) is 3.30. The lowest BCUT2D eigenvalue weighted by Crippen LogP contribution is -2.42. The minimum atomic E-state index is -0.401. The molecule has 86 valence electrons. The van der Waals surface area contributed by atoms with Crippen LogP contribution in [0.1, 0.15) is 18.4 Å². The predicted molar refractivity (Wildman–Crippen MR) is 66.5 cm³/mol. The molecule has 1 N–H and O–H groups in total. The van der Waals surface area contributed by atoms with Crippen molar-refractivity contribution in [2.45, 2.75) is 25.9 Å². The van der Waals surface area contributed by atoms with Gasteiger partial charge in [-0.3, -0.25) is 4.79 Å². The molecule has 0 saturated carbocycles. The largest absolute Gasteiger partial charge is 0.391 e. The van der Waals surface area contributed by atoms with Crippen LogP contribution in [0.2, 0.25) is 0 Å². The molecule has 1 aliphatic heterocycles. The Hall–Kier alpha value is -0.870. The minimum Gasteiger partial charge on any atom is -0.391 e. The number of benzene rings is 1. The van der Waals surface area contributed by atoms with Gasteiger partial charge in [-0.25, -0.2) is 0 Å². The zero-order valence-corrected chi connectivity index (χ0v) is 10.7. The highest BCUT2D eigenvalue weighted by atomic mass is 79.9. The van der Waals surface area contributed by atoms with Crippen molar-refractivity contribution in [3.05, 3.63) is 28.2 Å². The first-order valence-corrected chi connectivity index (χ1v) is 6.12. The fourth-order valence-electron chi connectivity index (χ4n) is 1.88. The lowest BCUT2D eigenvalue weighted by Gasteiger charge is -2.30. The molecular formula is C12H14BrNO2. The number of aliphatic hydroxyl groups excluding tert-OH is 1. The number of carbonyl (C=O) groups excluding carboxylic acids is 1. The van der Waals surface area contributed by atoms with E-state index in [-0.39, 0.29) is 5.91 Å². The molecule has 16 heavy (non-hydrogen) atoms. The molecule has 0 aromatic heterocycles. The van der Waals surface area contributed by atoms with Crippen molar-refractivity contribution in [1.29, 1.82) is 0 Å². The summed E-state index contributed by atoms with van der Waals surface area (Å²) in [6.45, 7) is 2.39. The summed E-state index contributed by atoms with van der Waals surface area (Å²) in [6, 6.07) is 5.78. The van der Waals surface area contributed by atoms with E-state index in [4.69, 9.17) is 0 Å². The molecule has 1 aromatic carbocycles. The molecule has 0 spiro atoms. The number of β-amino-alcohol motifs (C(OH)–C–C–N with tert-alkyl or cyclic N) is 1. The first-order valence-electron chi connectivity index (χ1n) is 5.32. The van der Waals surface area contributed by atoms with Crippen molar-refractivity contribution in [2.75, 3.05) is 11.4 Å². The molecule has 0 bridgehead atoms. The maximum Gasteiger partial charge on any atom is 0.227 e. The van der Waals surface area contributed by atoms with E-state index in [1.807, 2.05) is 25.1 Å². The maximum absolute atomic E-state index is 11.7. The molecule has 1 unspecified atom stereocenters. The summed E-state index contributed by atoms with van der Waals surface area (Å²) in [5, 5.41) is 9.58. The second-order valence-corrected chi connectivity index (χ2v) is 4.98. The van der Waals surface area contributed by atoms with Gasteiger partial charge in [-0.05, 0) is 37.1 Å². The van der Waals surface area contributed by atoms with Crippen LogP contribution in [-0.4, -0.2) is 23.7 Å². The third-order valence-corrected chi connectivity index (χ3v) is 3.73. The summed E-state index contributed by atoms with van der Waals surface area (Å²) in [7, 11) is 0. The number of piperidine rings is 1. The number of hydrogen-bond donors (Lipinski definition) is 1. The molecule has 1 saturated heterocycles. The quantitative estimate of drug-likeness (QED) is 0.859. The van der Waals surface area contributed by atoms with E-state index in [0.717, 1.165) is 15.7 Å². The second kappa shape index (κ2) is 4.55. The Morgan fingerprint density at radius 1 is 1.50 bits per heavy atom. The van der Waals surface area contributed by atoms with E-state index in [1.54, 1.807) is 4.90 Å². The highest BCUT2D eigenvalue weighted by Crippen LogP contribution is 2.25. The van der Waals surface area contributed by atoms with Crippen LogP contribution in [0.15, 0.2) is 22.7 Å². The second-order valence-electron chi connectivity index (χ2n) is 4.13. The van der Waals surface area contributed by atoms with E-state index in [2.05, 4.69) is 15.9 Å². The number of anilines is 1. The van der Waals surface area contributed by atoms with E-state index in [9.17, 15) is 9.90 Å². The highest BCUT2D eigenvalue weighted by molar-refractivity contribution is 9.10. The fourth-order valence-corrected chi connectivity index (χ4v) is 2.12. The molecule has 4 heteroatoms. The van der Waals surface area contributed by atoms with Gasteiger partial charge in [0.1, 0.15) is 0 Å². The number of carbonyl (C=O) groups is 1. The van der Waals surface area contributed by atoms with E-state index in [1.165, 1.54) is 0 Å². The first kappa shape index (κ1) is 11.6. The Morgan fingerprint density at radius 3 is 2.94 bits per heavy atom. The molecule has 1 heterocycles. The number of halogens is 1. The van der Waals surface area contributed by atoms with Crippen molar-refractivity contribution in [3.63, 3.8) is 0 Å². The average Bonchev–Trinajstić information content (AvgIpc) is 2.26. The van der Waals surface area contributed by atoms with Crippen molar-refractivity contribution in [3.8, 4) is 0 Å². The Morgan fingerprint density at radius 2 is 2.25 bits per heavy atom. The number of rotatable bonds is 1. The van der Waals surface area contributed by atoms with Crippen LogP contribution in [-0.2, 0) is 4.79 Å². The Labute approximate surface area is 103 Å². The Balaban J connectivity index is 2.28. The van der Waals surface area contributed by atoms with Gasteiger partial charge in [0.2, 0.25) is 5.91 Å². The molecule has 2 rings (SSSR count).